The second-order valence-electron chi connectivity index (χ2n) is 4.09. The lowest BCUT2D eigenvalue weighted by Gasteiger charge is -2.08. The number of carbonyl (C=O) groups is 1. The van der Waals surface area contributed by atoms with E-state index in [-0.39, 0.29) is 27.9 Å². The molecule has 0 aliphatic carbocycles. The summed E-state index contributed by atoms with van der Waals surface area (Å²) >= 11 is 5.90. The Morgan fingerprint density at radius 2 is 2.14 bits per heavy atom. The van der Waals surface area contributed by atoms with Crippen LogP contribution in [-0.2, 0) is 0 Å². The minimum atomic E-state index is -1.20. The van der Waals surface area contributed by atoms with Gasteiger partial charge in [-0.25, -0.2) is 9.78 Å². The van der Waals surface area contributed by atoms with Crippen molar-refractivity contribution in [1.29, 1.82) is 0 Å². The molecule has 2 rings (SSSR count). The van der Waals surface area contributed by atoms with E-state index in [1.807, 2.05) is 0 Å². The second kappa shape index (κ2) is 5.76. The molecule has 21 heavy (non-hydrogen) atoms. The third-order valence-electron chi connectivity index (χ3n) is 2.67. The van der Waals surface area contributed by atoms with Gasteiger partial charge in [0.15, 0.2) is 0 Å². The quantitative estimate of drug-likeness (QED) is 0.685. The summed E-state index contributed by atoms with van der Waals surface area (Å²) in [6, 6.07) is 5.37. The molecule has 0 amide bonds. The van der Waals surface area contributed by atoms with Crippen LogP contribution >= 0.6 is 11.6 Å². The van der Waals surface area contributed by atoms with E-state index in [0.29, 0.717) is 5.56 Å². The van der Waals surface area contributed by atoms with Crippen molar-refractivity contribution >= 4 is 23.3 Å². The average molecular weight is 309 g/mol. The fourth-order valence-corrected chi connectivity index (χ4v) is 1.90. The number of halogens is 1. The Kier molecular flexibility index (Phi) is 4.04. The van der Waals surface area contributed by atoms with Crippen LogP contribution < -0.4 is 4.74 Å². The Morgan fingerprint density at radius 1 is 1.43 bits per heavy atom. The molecule has 0 atom stereocenters. The van der Waals surface area contributed by atoms with Crippen molar-refractivity contribution in [3.05, 3.63) is 56.7 Å². The van der Waals surface area contributed by atoms with E-state index in [2.05, 4.69) is 4.98 Å². The molecule has 0 saturated carbocycles. The van der Waals surface area contributed by atoms with E-state index >= 15 is 0 Å². The van der Waals surface area contributed by atoms with Crippen LogP contribution in [0.5, 0.6) is 11.6 Å². The van der Waals surface area contributed by atoms with E-state index in [0.717, 1.165) is 0 Å². The van der Waals surface area contributed by atoms with Gasteiger partial charge in [-0.1, -0.05) is 11.6 Å². The summed E-state index contributed by atoms with van der Waals surface area (Å²) in [5, 5.41) is 19.5. The summed E-state index contributed by atoms with van der Waals surface area (Å²) in [6.07, 6.45) is 1.25. The highest BCUT2D eigenvalue weighted by Crippen LogP contribution is 2.31. The fourth-order valence-electron chi connectivity index (χ4n) is 1.67. The molecular weight excluding hydrogens is 300 g/mol. The smallest absolute Gasteiger partial charge is 0.337 e. The Hall–Kier alpha value is -2.67. The van der Waals surface area contributed by atoms with Gasteiger partial charge in [-0.05, 0) is 25.1 Å². The van der Waals surface area contributed by atoms with E-state index in [1.54, 1.807) is 6.92 Å². The number of aromatic carboxylic acids is 1. The minimum absolute atomic E-state index is 0.0410. The van der Waals surface area contributed by atoms with Gasteiger partial charge in [0.1, 0.15) is 10.8 Å². The van der Waals surface area contributed by atoms with Gasteiger partial charge in [0.25, 0.3) is 5.69 Å². The molecule has 1 aromatic carbocycles. The molecule has 7 nitrogen and oxygen atoms in total. The van der Waals surface area contributed by atoms with Crippen LogP contribution in [0.4, 0.5) is 5.69 Å². The zero-order chi connectivity index (χ0) is 15.6. The zero-order valence-electron chi connectivity index (χ0n) is 10.7. The molecule has 0 spiro atoms. The number of carboxylic acid groups (broad SMARTS) is 1. The maximum atomic E-state index is 11.0. The fraction of sp³-hybridized carbons (Fsp3) is 0.0769. The van der Waals surface area contributed by atoms with Gasteiger partial charge in [-0.15, -0.1) is 0 Å². The number of aryl methyl sites for hydroxylation is 1. The molecule has 1 aromatic heterocycles. The third-order valence-corrected chi connectivity index (χ3v) is 3.03. The minimum Gasteiger partial charge on any atom is -0.478 e. The van der Waals surface area contributed by atoms with Gasteiger partial charge in [-0.2, -0.15) is 0 Å². The third kappa shape index (κ3) is 3.09. The van der Waals surface area contributed by atoms with Gasteiger partial charge in [0.05, 0.1) is 10.5 Å². The average Bonchev–Trinajstić information content (AvgIpc) is 2.40. The lowest BCUT2D eigenvalue weighted by atomic mass is 10.2. The van der Waals surface area contributed by atoms with Crippen LogP contribution in [0.1, 0.15) is 15.9 Å². The van der Waals surface area contributed by atoms with E-state index in [1.165, 1.54) is 30.5 Å². The van der Waals surface area contributed by atoms with E-state index < -0.39 is 10.9 Å². The number of nitro groups is 1. The number of hydrogen-bond acceptors (Lipinski definition) is 5. The van der Waals surface area contributed by atoms with Gasteiger partial charge in [0, 0.05) is 17.8 Å². The highest BCUT2D eigenvalue weighted by molar-refractivity contribution is 6.34. The Morgan fingerprint density at radius 3 is 2.71 bits per heavy atom. The number of rotatable bonds is 4. The van der Waals surface area contributed by atoms with Crippen LogP contribution in [0.2, 0.25) is 5.02 Å². The zero-order valence-corrected chi connectivity index (χ0v) is 11.5. The molecule has 0 bridgehead atoms. The van der Waals surface area contributed by atoms with Crippen LogP contribution in [0, 0.1) is 17.0 Å². The lowest BCUT2D eigenvalue weighted by molar-refractivity contribution is -0.385. The first-order valence-electron chi connectivity index (χ1n) is 5.71. The van der Waals surface area contributed by atoms with Crippen LogP contribution in [0.3, 0.4) is 0 Å². The predicted octanol–water partition coefficient (Wildman–Crippen LogP) is 3.44. The number of pyridine rings is 1. The standard InChI is InChI=1S/C13H9ClN2O5/c1-7-6-8(2-3-10(7)16(19)20)21-12-11(14)9(13(17)18)4-5-15-12/h2-6H,1H3,(H,17,18). The summed E-state index contributed by atoms with van der Waals surface area (Å²) in [7, 11) is 0. The monoisotopic (exact) mass is 308 g/mol. The van der Waals surface area contributed by atoms with Gasteiger partial charge >= 0.3 is 5.97 Å². The summed E-state index contributed by atoms with van der Waals surface area (Å²) < 4.78 is 5.39. The van der Waals surface area contributed by atoms with Crippen LogP contribution in [-0.4, -0.2) is 21.0 Å². The van der Waals surface area contributed by atoms with Gasteiger partial charge in [-0.3, -0.25) is 10.1 Å². The second-order valence-corrected chi connectivity index (χ2v) is 4.47. The molecule has 1 heterocycles. The molecule has 2 aromatic rings. The molecule has 0 aliphatic rings. The Balaban J connectivity index is 2.35. The lowest BCUT2D eigenvalue weighted by Crippen LogP contribution is -2.00. The number of aromatic nitrogens is 1. The number of carboxylic acids is 1. The maximum absolute atomic E-state index is 11.0. The van der Waals surface area contributed by atoms with E-state index in [4.69, 9.17) is 21.4 Å². The highest BCUT2D eigenvalue weighted by Gasteiger charge is 2.16. The summed E-state index contributed by atoms with van der Waals surface area (Å²) in [5.41, 5.74) is 0.226. The van der Waals surface area contributed by atoms with Crippen molar-refractivity contribution in [1.82, 2.24) is 4.98 Å². The first-order valence-corrected chi connectivity index (χ1v) is 6.08. The molecule has 0 saturated heterocycles. The van der Waals surface area contributed by atoms with Gasteiger partial charge in [0.2, 0.25) is 5.88 Å². The van der Waals surface area contributed by atoms with Crippen molar-refractivity contribution in [2.24, 2.45) is 0 Å². The SMILES string of the molecule is Cc1cc(Oc2nccc(C(=O)O)c2Cl)ccc1[N+](=O)[O-]. The van der Waals surface area contributed by atoms with Crippen LogP contribution in [0.15, 0.2) is 30.5 Å². The first kappa shape index (κ1) is 14.7. The van der Waals surface area contributed by atoms with E-state index in [9.17, 15) is 14.9 Å². The Labute approximate surface area is 123 Å². The molecule has 0 unspecified atom stereocenters. The highest BCUT2D eigenvalue weighted by atomic mass is 35.5. The maximum Gasteiger partial charge on any atom is 0.337 e. The van der Waals surface area contributed by atoms with Crippen molar-refractivity contribution in [3.8, 4) is 11.6 Å². The number of hydrogen-bond donors (Lipinski definition) is 1. The number of benzene rings is 1. The molecule has 1 N–H and O–H groups in total. The van der Waals surface area contributed by atoms with Crippen molar-refractivity contribution in [2.75, 3.05) is 0 Å². The number of nitrogens with zero attached hydrogens (tertiary/aromatic N) is 2. The molecule has 0 radical (unpaired) electrons. The van der Waals surface area contributed by atoms with Crippen molar-refractivity contribution < 1.29 is 19.6 Å². The summed E-state index contributed by atoms with van der Waals surface area (Å²) in [4.78, 5) is 25.0. The van der Waals surface area contributed by atoms with Crippen molar-refractivity contribution in [3.63, 3.8) is 0 Å². The normalized spacial score (nSPS) is 10.2. The molecule has 0 fully saturated rings. The van der Waals surface area contributed by atoms with Gasteiger partial charge < -0.3 is 9.84 Å². The number of ether oxygens (including phenoxy) is 1. The van der Waals surface area contributed by atoms with Crippen molar-refractivity contribution in [2.45, 2.75) is 6.92 Å². The first-order chi connectivity index (χ1) is 9.90. The summed E-state index contributed by atoms with van der Waals surface area (Å²) in [6.45, 7) is 1.56. The molecular formula is C13H9ClN2O5. The largest absolute Gasteiger partial charge is 0.478 e. The Bertz CT molecular complexity index is 732. The predicted molar refractivity (Wildman–Crippen MR) is 74.1 cm³/mol. The number of nitro benzene ring substituents is 1. The molecule has 8 heteroatoms. The van der Waals surface area contributed by atoms with Crippen LogP contribution in [0.25, 0.3) is 0 Å². The molecule has 108 valence electrons. The summed E-state index contributed by atoms with van der Waals surface area (Å²) in [5.74, 6) is -1.01. The molecule has 0 aliphatic heterocycles. The topological polar surface area (TPSA) is 103 Å².